The average molecular weight is 514 g/mol. The molecule has 0 atom stereocenters. The van der Waals surface area contributed by atoms with Crippen LogP contribution in [0.3, 0.4) is 0 Å². The molecule has 7 nitrogen and oxygen atoms in total. The quantitative estimate of drug-likeness (QED) is 0.170. The van der Waals surface area contributed by atoms with Gasteiger partial charge in [0.1, 0.15) is 5.60 Å². The Morgan fingerprint density at radius 3 is 2.11 bits per heavy atom. The van der Waals surface area contributed by atoms with Crippen LogP contribution in [0.2, 0.25) is 0 Å². The van der Waals surface area contributed by atoms with Crippen molar-refractivity contribution in [2.75, 3.05) is 39.3 Å². The summed E-state index contributed by atoms with van der Waals surface area (Å²) in [6, 6.07) is 0. The Balaban J connectivity index is 0. The molecule has 8 heteroatoms. The molecule has 0 aliphatic heterocycles. The third-order valence-corrected chi connectivity index (χ3v) is 3.90. The van der Waals surface area contributed by atoms with Gasteiger partial charge < -0.3 is 25.6 Å². The molecule has 3 N–H and O–H groups in total. The molecule has 0 radical (unpaired) electrons. The average Bonchev–Trinajstić information content (AvgIpc) is 2.53. The van der Waals surface area contributed by atoms with Crippen molar-refractivity contribution in [1.82, 2.24) is 20.9 Å². The third-order valence-electron chi connectivity index (χ3n) is 3.90. The minimum absolute atomic E-state index is 0. The van der Waals surface area contributed by atoms with E-state index in [4.69, 9.17) is 4.74 Å². The van der Waals surface area contributed by atoms with Crippen LogP contribution in [0.4, 0.5) is 4.79 Å². The highest BCUT2D eigenvalue weighted by molar-refractivity contribution is 14.0. The van der Waals surface area contributed by atoms with Crippen molar-refractivity contribution in [2.45, 2.75) is 79.4 Å². The molecule has 0 aromatic rings. The van der Waals surface area contributed by atoms with Gasteiger partial charge in [-0.15, -0.1) is 24.0 Å². The van der Waals surface area contributed by atoms with E-state index in [-0.39, 0.29) is 24.0 Å². The van der Waals surface area contributed by atoms with E-state index in [1.165, 1.54) is 6.42 Å². The SMILES string of the molecule is CCNC(=NCC(C)(C)NC(=O)OC(C)(C)C)NCCCCN(CC)CC.I. The summed E-state index contributed by atoms with van der Waals surface area (Å²) in [4.78, 5) is 19.0. The zero-order valence-electron chi connectivity index (χ0n) is 19.3. The highest BCUT2D eigenvalue weighted by Gasteiger charge is 2.24. The second-order valence-corrected chi connectivity index (χ2v) is 8.37. The summed E-state index contributed by atoms with van der Waals surface area (Å²) in [5.74, 6) is 0.777. The normalized spacial score (nSPS) is 12.4. The lowest BCUT2D eigenvalue weighted by molar-refractivity contribution is 0.0476. The van der Waals surface area contributed by atoms with Crippen molar-refractivity contribution >= 4 is 36.0 Å². The molecule has 0 unspecified atom stereocenters. The Bertz CT molecular complexity index is 446. The van der Waals surface area contributed by atoms with Gasteiger partial charge in [-0.05, 0) is 74.0 Å². The van der Waals surface area contributed by atoms with Crippen LogP contribution in [0.5, 0.6) is 0 Å². The summed E-state index contributed by atoms with van der Waals surface area (Å²) in [6.07, 6.45) is 1.84. The van der Waals surface area contributed by atoms with E-state index in [9.17, 15) is 4.79 Å². The summed E-state index contributed by atoms with van der Waals surface area (Å²) in [7, 11) is 0. The highest BCUT2D eigenvalue weighted by Crippen LogP contribution is 2.09. The number of alkyl carbamates (subject to hydrolysis) is 1. The molecule has 0 aliphatic carbocycles. The smallest absolute Gasteiger partial charge is 0.408 e. The second kappa shape index (κ2) is 15.1. The molecular formula is C20H44IN5O2. The van der Waals surface area contributed by atoms with Crippen molar-refractivity contribution in [3.63, 3.8) is 0 Å². The van der Waals surface area contributed by atoms with E-state index < -0.39 is 17.2 Å². The molecular weight excluding hydrogens is 469 g/mol. The molecule has 0 aliphatic rings. The van der Waals surface area contributed by atoms with Crippen LogP contribution < -0.4 is 16.0 Å². The molecule has 0 saturated carbocycles. The molecule has 0 bridgehead atoms. The fraction of sp³-hybridized carbons (Fsp3) is 0.900. The number of aliphatic imine (C=N–C) groups is 1. The predicted octanol–water partition coefficient (Wildman–Crippen LogP) is 3.58. The molecule has 0 rings (SSSR count). The van der Waals surface area contributed by atoms with Gasteiger partial charge in [-0.2, -0.15) is 0 Å². The Kier molecular flexibility index (Phi) is 15.9. The van der Waals surface area contributed by atoms with Crippen molar-refractivity contribution in [3.8, 4) is 0 Å². The maximum absolute atomic E-state index is 12.0. The highest BCUT2D eigenvalue weighted by atomic mass is 127. The molecule has 0 aromatic carbocycles. The lowest BCUT2D eigenvalue weighted by Gasteiger charge is -2.27. The van der Waals surface area contributed by atoms with Gasteiger partial charge in [0.2, 0.25) is 0 Å². The number of amides is 1. The Morgan fingerprint density at radius 1 is 1.00 bits per heavy atom. The van der Waals surface area contributed by atoms with Crippen LogP contribution in [-0.4, -0.2) is 67.4 Å². The van der Waals surface area contributed by atoms with Gasteiger partial charge >= 0.3 is 6.09 Å². The molecule has 28 heavy (non-hydrogen) atoms. The summed E-state index contributed by atoms with van der Waals surface area (Å²) in [6.45, 7) is 21.4. The molecule has 0 aromatic heterocycles. The number of hydrogen-bond donors (Lipinski definition) is 3. The van der Waals surface area contributed by atoms with E-state index in [0.29, 0.717) is 6.54 Å². The molecule has 1 amide bonds. The van der Waals surface area contributed by atoms with Crippen LogP contribution in [-0.2, 0) is 4.74 Å². The van der Waals surface area contributed by atoms with Gasteiger partial charge in [0.15, 0.2) is 5.96 Å². The topological polar surface area (TPSA) is 78.0 Å². The summed E-state index contributed by atoms with van der Waals surface area (Å²) in [5, 5.41) is 9.51. The van der Waals surface area contributed by atoms with Crippen LogP contribution >= 0.6 is 24.0 Å². The number of halogens is 1. The first-order valence-electron chi connectivity index (χ1n) is 10.3. The summed E-state index contributed by atoms with van der Waals surface area (Å²) >= 11 is 0. The first kappa shape index (κ1) is 29.4. The first-order valence-corrected chi connectivity index (χ1v) is 10.3. The molecule has 0 saturated heterocycles. The largest absolute Gasteiger partial charge is 0.444 e. The lowest BCUT2D eigenvalue weighted by atomic mass is 10.1. The fourth-order valence-corrected chi connectivity index (χ4v) is 2.44. The van der Waals surface area contributed by atoms with Gasteiger partial charge in [-0.3, -0.25) is 4.99 Å². The third kappa shape index (κ3) is 16.2. The Hall–Kier alpha value is -0.770. The number of carbonyl (C=O) groups is 1. The van der Waals surface area contributed by atoms with Crippen LogP contribution in [0, 0.1) is 0 Å². The summed E-state index contributed by atoms with van der Waals surface area (Å²) < 4.78 is 5.32. The molecule has 0 heterocycles. The van der Waals surface area contributed by atoms with Crippen LogP contribution in [0.15, 0.2) is 4.99 Å². The zero-order valence-corrected chi connectivity index (χ0v) is 21.6. The summed E-state index contributed by atoms with van der Waals surface area (Å²) in [5.41, 5.74) is -1.00. The van der Waals surface area contributed by atoms with Crippen molar-refractivity contribution in [3.05, 3.63) is 0 Å². The van der Waals surface area contributed by atoms with Crippen molar-refractivity contribution < 1.29 is 9.53 Å². The van der Waals surface area contributed by atoms with Gasteiger partial charge in [-0.1, -0.05) is 13.8 Å². The lowest BCUT2D eigenvalue weighted by Crippen LogP contribution is -2.49. The van der Waals surface area contributed by atoms with E-state index >= 15 is 0 Å². The number of nitrogens with one attached hydrogen (secondary N) is 3. The van der Waals surface area contributed by atoms with Crippen LogP contribution in [0.1, 0.15) is 68.2 Å². The number of nitrogens with zero attached hydrogens (tertiary/aromatic N) is 2. The number of carbonyl (C=O) groups excluding carboxylic acids is 1. The predicted molar refractivity (Wildman–Crippen MR) is 130 cm³/mol. The van der Waals surface area contributed by atoms with Crippen LogP contribution in [0.25, 0.3) is 0 Å². The van der Waals surface area contributed by atoms with E-state index in [1.807, 2.05) is 41.5 Å². The van der Waals surface area contributed by atoms with Gasteiger partial charge in [0.05, 0.1) is 12.1 Å². The number of rotatable bonds is 11. The number of ether oxygens (including phenoxy) is 1. The Labute approximate surface area is 189 Å². The second-order valence-electron chi connectivity index (χ2n) is 8.37. The van der Waals surface area contributed by atoms with Gasteiger partial charge in [0, 0.05) is 13.1 Å². The zero-order chi connectivity index (χ0) is 20.9. The standard InChI is InChI=1S/C20H43N5O2.HI/c1-9-21-17(22-14-12-13-15-25(10-2)11-3)23-16-20(7,8)24-18(26)27-19(4,5)6;/h9-16H2,1-8H3,(H,24,26)(H2,21,22,23);1H. The van der Waals surface area contributed by atoms with Gasteiger partial charge in [-0.25, -0.2) is 4.79 Å². The number of hydrogen-bond acceptors (Lipinski definition) is 4. The van der Waals surface area contributed by atoms with E-state index in [0.717, 1.165) is 45.1 Å². The minimum Gasteiger partial charge on any atom is -0.444 e. The van der Waals surface area contributed by atoms with E-state index in [1.54, 1.807) is 0 Å². The maximum atomic E-state index is 12.0. The van der Waals surface area contributed by atoms with Gasteiger partial charge in [0.25, 0.3) is 0 Å². The molecule has 0 fully saturated rings. The Morgan fingerprint density at radius 2 is 1.61 bits per heavy atom. The maximum Gasteiger partial charge on any atom is 0.408 e. The first-order chi connectivity index (χ1) is 12.5. The number of unbranched alkanes of at least 4 members (excludes halogenated alkanes) is 1. The monoisotopic (exact) mass is 513 g/mol. The van der Waals surface area contributed by atoms with E-state index in [2.05, 4.69) is 39.7 Å². The number of guanidine groups is 1. The molecule has 168 valence electrons. The van der Waals surface area contributed by atoms with Crippen molar-refractivity contribution in [1.29, 1.82) is 0 Å². The fourth-order valence-electron chi connectivity index (χ4n) is 2.44. The minimum atomic E-state index is -0.509. The van der Waals surface area contributed by atoms with Crippen molar-refractivity contribution in [2.24, 2.45) is 4.99 Å². The molecule has 0 spiro atoms.